The van der Waals surface area contributed by atoms with Crippen LogP contribution >= 0.6 is 0 Å². The van der Waals surface area contributed by atoms with Crippen LogP contribution < -0.4 is 10.2 Å². The van der Waals surface area contributed by atoms with Gasteiger partial charge in [0.1, 0.15) is 5.39 Å². The van der Waals surface area contributed by atoms with Crippen LogP contribution in [0.2, 0.25) is 0 Å². The number of fused-ring (bicyclic) bond motifs is 2. The molecule has 1 N–H and O–H groups in total. The first-order valence-electron chi connectivity index (χ1n) is 8.55. The largest absolute Gasteiger partial charge is 0.378 e. The molecule has 6 heteroatoms. The van der Waals surface area contributed by atoms with Gasteiger partial charge >= 0.3 is 0 Å². The summed E-state index contributed by atoms with van der Waals surface area (Å²) >= 11 is 0. The molecule has 0 spiro atoms. The van der Waals surface area contributed by atoms with Crippen molar-refractivity contribution in [3.8, 4) is 0 Å². The number of nitro benzene ring substituents is 1. The number of non-ortho nitro benzene ring substituents is 1. The Hall–Kier alpha value is -3.67. The highest BCUT2D eigenvalue weighted by Gasteiger charge is 2.19. The van der Waals surface area contributed by atoms with Crippen molar-refractivity contribution in [2.75, 3.05) is 24.3 Å². The molecule has 4 aromatic rings. The van der Waals surface area contributed by atoms with Gasteiger partial charge in [-0.3, -0.25) is 10.1 Å². The SMILES string of the molecule is CN(C)c1ccc(Nc2c3ccccc3nc3cccc([N+](=O)[O-])c23)cc1. The summed E-state index contributed by atoms with van der Waals surface area (Å²) in [4.78, 5) is 17.9. The number of hydrogen-bond acceptors (Lipinski definition) is 5. The Labute approximate surface area is 156 Å². The lowest BCUT2D eigenvalue weighted by molar-refractivity contribution is -0.383. The number of anilines is 3. The van der Waals surface area contributed by atoms with E-state index in [0.717, 1.165) is 22.3 Å². The second kappa shape index (κ2) is 6.57. The van der Waals surface area contributed by atoms with Crippen LogP contribution in [-0.2, 0) is 0 Å². The molecule has 3 aromatic carbocycles. The molecule has 0 aliphatic carbocycles. The molecule has 0 unspecified atom stereocenters. The van der Waals surface area contributed by atoms with Gasteiger partial charge in [0.25, 0.3) is 5.69 Å². The van der Waals surface area contributed by atoms with Gasteiger partial charge in [-0.1, -0.05) is 24.3 Å². The summed E-state index contributed by atoms with van der Waals surface area (Å²) < 4.78 is 0. The molecule has 27 heavy (non-hydrogen) atoms. The summed E-state index contributed by atoms with van der Waals surface area (Å²) in [5.41, 5.74) is 4.05. The van der Waals surface area contributed by atoms with Gasteiger partial charge in [0.15, 0.2) is 0 Å². The first-order valence-corrected chi connectivity index (χ1v) is 8.55. The highest BCUT2D eigenvalue weighted by atomic mass is 16.6. The Morgan fingerprint density at radius 2 is 1.63 bits per heavy atom. The predicted molar refractivity (Wildman–Crippen MR) is 110 cm³/mol. The van der Waals surface area contributed by atoms with Gasteiger partial charge in [0, 0.05) is 36.9 Å². The van der Waals surface area contributed by atoms with Crippen LogP contribution in [-0.4, -0.2) is 24.0 Å². The molecular weight excluding hydrogens is 340 g/mol. The Bertz CT molecular complexity index is 1150. The zero-order valence-corrected chi connectivity index (χ0v) is 15.0. The van der Waals surface area contributed by atoms with Gasteiger partial charge in [-0.2, -0.15) is 0 Å². The summed E-state index contributed by atoms with van der Waals surface area (Å²) in [6.07, 6.45) is 0. The fraction of sp³-hybridized carbons (Fsp3) is 0.0952. The summed E-state index contributed by atoms with van der Waals surface area (Å²) in [6.45, 7) is 0. The minimum atomic E-state index is -0.362. The molecule has 0 radical (unpaired) electrons. The molecule has 0 aliphatic rings. The van der Waals surface area contributed by atoms with E-state index in [4.69, 9.17) is 0 Å². The summed E-state index contributed by atoms with van der Waals surface area (Å²) in [6, 6.07) is 20.6. The minimum Gasteiger partial charge on any atom is -0.378 e. The fourth-order valence-electron chi connectivity index (χ4n) is 3.19. The quantitative estimate of drug-likeness (QED) is 0.312. The zero-order valence-electron chi connectivity index (χ0n) is 15.0. The number of benzene rings is 3. The van der Waals surface area contributed by atoms with Crippen molar-refractivity contribution in [3.05, 3.63) is 76.8 Å². The van der Waals surface area contributed by atoms with Crippen LogP contribution in [0.25, 0.3) is 21.8 Å². The van der Waals surface area contributed by atoms with Gasteiger partial charge < -0.3 is 10.2 Å². The van der Waals surface area contributed by atoms with Gasteiger partial charge in [-0.15, -0.1) is 0 Å². The van der Waals surface area contributed by atoms with Crippen LogP contribution in [0.15, 0.2) is 66.7 Å². The van der Waals surface area contributed by atoms with Gasteiger partial charge in [-0.25, -0.2) is 4.98 Å². The van der Waals surface area contributed by atoms with Gasteiger partial charge in [-0.05, 0) is 36.4 Å². The van der Waals surface area contributed by atoms with Crippen molar-refractivity contribution in [2.45, 2.75) is 0 Å². The average Bonchev–Trinajstić information content (AvgIpc) is 2.67. The second-order valence-electron chi connectivity index (χ2n) is 6.50. The molecule has 0 amide bonds. The third-order valence-corrected chi connectivity index (χ3v) is 4.53. The van der Waals surface area contributed by atoms with Crippen LogP contribution in [0.1, 0.15) is 0 Å². The topological polar surface area (TPSA) is 71.3 Å². The van der Waals surface area contributed by atoms with E-state index >= 15 is 0 Å². The smallest absolute Gasteiger partial charge is 0.280 e. The molecule has 0 aliphatic heterocycles. The molecule has 1 heterocycles. The maximum Gasteiger partial charge on any atom is 0.280 e. The summed E-state index contributed by atoms with van der Waals surface area (Å²) in [5.74, 6) is 0. The number of nitrogens with zero attached hydrogens (tertiary/aromatic N) is 3. The third-order valence-electron chi connectivity index (χ3n) is 4.53. The number of aromatic nitrogens is 1. The molecule has 134 valence electrons. The van der Waals surface area contributed by atoms with Crippen LogP contribution in [0, 0.1) is 10.1 Å². The van der Waals surface area contributed by atoms with Crippen molar-refractivity contribution >= 4 is 44.6 Å². The van der Waals surface area contributed by atoms with E-state index in [1.54, 1.807) is 12.1 Å². The van der Waals surface area contributed by atoms with E-state index in [1.807, 2.05) is 67.5 Å². The van der Waals surface area contributed by atoms with Gasteiger partial charge in [0.05, 0.1) is 21.6 Å². The van der Waals surface area contributed by atoms with E-state index in [2.05, 4.69) is 10.3 Å². The van der Waals surface area contributed by atoms with Crippen LogP contribution in [0.3, 0.4) is 0 Å². The van der Waals surface area contributed by atoms with Gasteiger partial charge in [0.2, 0.25) is 0 Å². The molecule has 0 bridgehead atoms. The Kier molecular flexibility index (Phi) is 4.08. The molecule has 0 saturated heterocycles. The Balaban J connectivity index is 1.96. The molecule has 0 saturated carbocycles. The fourth-order valence-corrected chi connectivity index (χ4v) is 3.19. The summed E-state index contributed by atoms with van der Waals surface area (Å²) in [5, 5.41) is 16.4. The van der Waals surface area contributed by atoms with Crippen molar-refractivity contribution < 1.29 is 4.92 Å². The van der Waals surface area contributed by atoms with E-state index in [-0.39, 0.29) is 10.6 Å². The van der Waals surface area contributed by atoms with E-state index in [1.165, 1.54) is 6.07 Å². The standard InChI is InChI=1S/C21H18N4O2/c1-24(2)15-12-10-14(11-13-15)22-21-16-6-3-4-7-17(16)23-18-8-5-9-19(20(18)21)25(26)27/h3-13H,1-2H3,(H,22,23). The first-order chi connectivity index (χ1) is 13.0. The number of hydrogen-bond donors (Lipinski definition) is 1. The number of para-hydroxylation sites is 1. The third kappa shape index (κ3) is 3.01. The molecular formula is C21H18N4O2. The van der Waals surface area contributed by atoms with Crippen LogP contribution in [0.5, 0.6) is 0 Å². The zero-order chi connectivity index (χ0) is 19.0. The van der Waals surface area contributed by atoms with E-state index < -0.39 is 0 Å². The molecule has 0 atom stereocenters. The maximum atomic E-state index is 11.6. The monoisotopic (exact) mass is 358 g/mol. The molecule has 6 nitrogen and oxygen atoms in total. The predicted octanol–water partition coefficient (Wildman–Crippen LogP) is 5.11. The van der Waals surface area contributed by atoms with E-state index in [0.29, 0.717) is 16.6 Å². The number of nitrogens with one attached hydrogen (secondary N) is 1. The summed E-state index contributed by atoms with van der Waals surface area (Å²) in [7, 11) is 3.96. The Morgan fingerprint density at radius 1 is 0.926 bits per heavy atom. The lowest BCUT2D eigenvalue weighted by Crippen LogP contribution is -2.08. The molecule has 0 fully saturated rings. The molecule has 1 aromatic heterocycles. The number of nitro groups is 1. The van der Waals surface area contributed by atoms with E-state index in [9.17, 15) is 10.1 Å². The van der Waals surface area contributed by atoms with Crippen molar-refractivity contribution in [1.29, 1.82) is 0 Å². The average molecular weight is 358 g/mol. The Morgan fingerprint density at radius 3 is 2.33 bits per heavy atom. The number of pyridine rings is 1. The number of rotatable bonds is 4. The maximum absolute atomic E-state index is 11.6. The first kappa shape index (κ1) is 16.8. The van der Waals surface area contributed by atoms with Crippen molar-refractivity contribution in [3.63, 3.8) is 0 Å². The molecule has 4 rings (SSSR count). The van der Waals surface area contributed by atoms with Crippen molar-refractivity contribution in [1.82, 2.24) is 4.98 Å². The van der Waals surface area contributed by atoms with Crippen LogP contribution in [0.4, 0.5) is 22.7 Å². The lowest BCUT2D eigenvalue weighted by atomic mass is 10.1. The highest BCUT2D eigenvalue weighted by Crippen LogP contribution is 2.38. The highest BCUT2D eigenvalue weighted by molar-refractivity contribution is 6.12. The normalized spacial score (nSPS) is 10.9. The van der Waals surface area contributed by atoms with Crippen molar-refractivity contribution in [2.24, 2.45) is 0 Å². The minimum absolute atomic E-state index is 0.0400. The second-order valence-corrected chi connectivity index (χ2v) is 6.50. The lowest BCUT2D eigenvalue weighted by Gasteiger charge is -2.15.